The molecule has 0 aliphatic heterocycles. The van der Waals surface area contributed by atoms with Gasteiger partial charge in [0.2, 0.25) is 11.7 Å². The van der Waals surface area contributed by atoms with E-state index in [0.717, 1.165) is 15.3 Å². The van der Waals surface area contributed by atoms with E-state index >= 15 is 0 Å². The van der Waals surface area contributed by atoms with Crippen molar-refractivity contribution in [3.05, 3.63) is 16.8 Å². The van der Waals surface area contributed by atoms with Crippen LogP contribution >= 0.6 is 11.3 Å². The average Bonchev–Trinajstić information content (AvgIpc) is 3.07. The molecule has 0 saturated carbocycles. The Morgan fingerprint density at radius 2 is 2.19 bits per heavy atom. The molecule has 0 atom stereocenters. The molecule has 2 aromatic rings. The van der Waals surface area contributed by atoms with Crippen molar-refractivity contribution in [1.29, 1.82) is 0 Å². The molecule has 0 aliphatic rings. The van der Waals surface area contributed by atoms with Crippen molar-refractivity contribution < 1.29 is 14.7 Å². The second-order valence-electron chi connectivity index (χ2n) is 4.97. The number of tetrazole rings is 1. The van der Waals surface area contributed by atoms with Crippen molar-refractivity contribution in [2.75, 3.05) is 7.05 Å². The van der Waals surface area contributed by atoms with Crippen LogP contribution in [0, 0.1) is 0 Å². The summed E-state index contributed by atoms with van der Waals surface area (Å²) in [6.07, 6.45) is 0. The lowest BCUT2D eigenvalue weighted by Gasteiger charge is -2.31. The molecule has 0 bridgehead atoms. The average molecular weight is 309 g/mol. The minimum absolute atomic E-state index is 0.162. The molecule has 1 N–H and O–H groups in total. The van der Waals surface area contributed by atoms with Crippen LogP contribution in [0.15, 0.2) is 16.8 Å². The van der Waals surface area contributed by atoms with Crippen LogP contribution in [0.4, 0.5) is 0 Å². The number of rotatable bonds is 5. The maximum Gasteiger partial charge on any atom is 0.329 e. The number of amides is 1. The molecule has 8 nitrogen and oxygen atoms in total. The van der Waals surface area contributed by atoms with Gasteiger partial charge in [0.15, 0.2) is 0 Å². The predicted octanol–water partition coefficient (Wildman–Crippen LogP) is 0.723. The Hall–Kier alpha value is -2.29. The van der Waals surface area contributed by atoms with E-state index in [1.807, 2.05) is 16.8 Å². The predicted molar refractivity (Wildman–Crippen MR) is 75.6 cm³/mol. The lowest BCUT2D eigenvalue weighted by atomic mass is 10.0. The first kappa shape index (κ1) is 15.1. The van der Waals surface area contributed by atoms with E-state index in [9.17, 15) is 9.59 Å². The zero-order chi connectivity index (χ0) is 15.6. The summed E-state index contributed by atoms with van der Waals surface area (Å²) in [4.78, 5) is 25.5. The molecule has 2 heterocycles. The van der Waals surface area contributed by atoms with Crippen molar-refractivity contribution >= 4 is 23.2 Å². The van der Waals surface area contributed by atoms with Gasteiger partial charge in [0.25, 0.3) is 0 Å². The monoisotopic (exact) mass is 309 g/mol. The van der Waals surface area contributed by atoms with E-state index in [1.54, 1.807) is 0 Å². The number of aliphatic carboxylic acids is 1. The third kappa shape index (κ3) is 3.07. The smallest absolute Gasteiger partial charge is 0.329 e. The molecule has 0 aliphatic carbocycles. The SMILES string of the molecule is CN(C(=O)Cn1nnc(-c2ccsc2)n1)C(C)(C)C(=O)O. The Morgan fingerprint density at radius 3 is 2.76 bits per heavy atom. The van der Waals surface area contributed by atoms with Gasteiger partial charge in [-0.1, -0.05) is 0 Å². The van der Waals surface area contributed by atoms with Crippen molar-refractivity contribution in [3.63, 3.8) is 0 Å². The number of likely N-dealkylation sites (N-methyl/N-ethyl adjacent to an activating group) is 1. The minimum atomic E-state index is -1.30. The third-order valence-corrected chi connectivity index (χ3v) is 3.93. The number of aromatic nitrogens is 4. The Morgan fingerprint density at radius 1 is 1.48 bits per heavy atom. The van der Waals surface area contributed by atoms with Crippen LogP contribution in [0.3, 0.4) is 0 Å². The van der Waals surface area contributed by atoms with E-state index < -0.39 is 17.4 Å². The quantitative estimate of drug-likeness (QED) is 0.873. The van der Waals surface area contributed by atoms with Crippen LogP contribution < -0.4 is 0 Å². The zero-order valence-electron chi connectivity index (χ0n) is 11.8. The topological polar surface area (TPSA) is 101 Å². The molecule has 0 spiro atoms. The van der Waals surface area contributed by atoms with Gasteiger partial charge in [-0.05, 0) is 30.5 Å². The molecule has 21 heavy (non-hydrogen) atoms. The molecule has 0 aromatic carbocycles. The first-order valence-corrected chi connectivity index (χ1v) is 7.07. The lowest BCUT2D eigenvalue weighted by molar-refractivity contribution is -0.155. The minimum Gasteiger partial charge on any atom is -0.480 e. The van der Waals surface area contributed by atoms with Crippen LogP contribution in [0.25, 0.3) is 11.4 Å². The maximum atomic E-state index is 12.1. The molecule has 2 aromatic heterocycles. The highest BCUT2D eigenvalue weighted by Gasteiger charge is 2.35. The van der Waals surface area contributed by atoms with Gasteiger partial charge in [-0.25, -0.2) is 4.79 Å². The fourth-order valence-electron chi connectivity index (χ4n) is 1.50. The number of carboxylic acid groups (broad SMARTS) is 1. The molecule has 0 fully saturated rings. The van der Waals surface area contributed by atoms with Gasteiger partial charge in [-0.2, -0.15) is 16.1 Å². The highest BCUT2D eigenvalue weighted by molar-refractivity contribution is 7.08. The van der Waals surface area contributed by atoms with E-state index in [-0.39, 0.29) is 6.54 Å². The summed E-state index contributed by atoms with van der Waals surface area (Å²) in [6.45, 7) is 2.75. The molecular formula is C12H15N5O3S. The van der Waals surface area contributed by atoms with E-state index in [0.29, 0.717) is 5.82 Å². The molecule has 0 saturated heterocycles. The Balaban J connectivity index is 2.08. The molecule has 0 radical (unpaired) electrons. The summed E-state index contributed by atoms with van der Waals surface area (Å²) in [5, 5.41) is 24.7. The van der Waals surface area contributed by atoms with E-state index in [2.05, 4.69) is 15.4 Å². The van der Waals surface area contributed by atoms with Crippen LogP contribution in [0.5, 0.6) is 0 Å². The highest BCUT2D eigenvalue weighted by atomic mass is 32.1. The summed E-state index contributed by atoms with van der Waals surface area (Å²) >= 11 is 1.51. The summed E-state index contributed by atoms with van der Waals surface area (Å²) < 4.78 is 0. The Bertz CT molecular complexity index is 650. The van der Waals surface area contributed by atoms with Gasteiger partial charge >= 0.3 is 5.97 Å². The third-order valence-electron chi connectivity index (χ3n) is 3.24. The largest absolute Gasteiger partial charge is 0.480 e. The molecular weight excluding hydrogens is 294 g/mol. The van der Waals surface area contributed by atoms with Gasteiger partial charge in [-0.3, -0.25) is 4.79 Å². The fraction of sp³-hybridized carbons (Fsp3) is 0.417. The summed E-state index contributed by atoms with van der Waals surface area (Å²) in [5.74, 6) is -1.05. The Labute approximate surface area is 125 Å². The van der Waals surface area contributed by atoms with Gasteiger partial charge in [-0.15, -0.1) is 10.2 Å². The van der Waals surface area contributed by atoms with E-state index in [1.165, 1.54) is 32.2 Å². The highest BCUT2D eigenvalue weighted by Crippen LogP contribution is 2.17. The first-order valence-electron chi connectivity index (χ1n) is 6.13. The molecule has 9 heteroatoms. The molecule has 0 unspecified atom stereocenters. The Kier molecular flexibility index (Phi) is 4.03. The summed E-state index contributed by atoms with van der Waals surface area (Å²) in [6, 6.07) is 1.85. The molecule has 112 valence electrons. The van der Waals surface area contributed by atoms with Crippen molar-refractivity contribution in [1.82, 2.24) is 25.1 Å². The van der Waals surface area contributed by atoms with Crippen LogP contribution in [0.2, 0.25) is 0 Å². The normalized spacial score (nSPS) is 11.4. The zero-order valence-corrected chi connectivity index (χ0v) is 12.7. The number of carboxylic acids is 1. The number of nitrogens with zero attached hydrogens (tertiary/aromatic N) is 5. The van der Waals surface area contributed by atoms with Crippen molar-refractivity contribution in [3.8, 4) is 11.4 Å². The van der Waals surface area contributed by atoms with Gasteiger partial charge in [0.05, 0.1) is 0 Å². The second kappa shape index (κ2) is 5.60. The number of thiophene rings is 1. The van der Waals surface area contributed by atoms with Gasteiger partial charge < -0.3 is 10.0 Å². The second-order valence-corrected chi connectivity index (χ2v) is 5.75. The summed E-state index contributed by atoms with van der Waals surface area (Å²) in [7, 11) is 1.44. The molecule has 1 amide bonds. The number of hydrogen-bond donors (Lipinski definition) is 1. The molecule has 2 rings (SSSR count). The van der Waals surface area contributed by atoms with Crippen LogP contribution in [-0.2, 0) is 16.1 Å². The number of hydrogen-bond acceptors (Lipinski definition) is 6. The fourth-order valence-corrected chi connectivity index (χ4v) is 2.13. The van der Waals surface area contributed by atoms with E-state index in [4.69, 9.17) is 5.11 Å². The van der Waals surface area contributed by atoms with Gasteiger partial charge in [0.1, 0.15) is 12.1 Å². The lowest BCUT2D eigenvalue weighted by Crippen LogP contribution is -2.51. The number of carbonyl (C=O) groups excluding carboxylic acids is 1. The van der Waals surface area contributed by atoms with Crippen LogP contribution in [0.1, 0.15) is 13.8 Å². The summed E-state index contributed by atoms with van der Waals surface area (Å²) in [5.41, 5.74) is -0.466. The van der Waals surface area contributed by atoms with Crippen LogP contribution in [-0.4, -0.2) is 54.7 Å². The standard InChI is InChI=1S/C12H15N5O3S/c1-12(2,11(19)20)16(3)9(18)6-17-14-10(13-15-17)8-4-5-21-7-8/h4-5,7H,6H2,1-3H3,(H,19,20). The van der Waals surface area contributed by atoms with Gasteiger partial charge in [0, 0.05) is 18.0 Å². The maximum absolute atomic E-state index is 12.1. The number of carbonyl (C=O) groups is 2. The first-order chi connectivity index (χ1) is 9.82. The van der Waals surface area contributed by atoms with Crippen molar-refractivity contribution in [2.45, 2.75) is 25.9 Å². The van der Waals surface area contributed by atoms with Crippen molar-refractivity contribution in [2.24, 2.45) is 0 Å².